The van der Waals surface area contributed by atoms with E-state index in [1.54, 1.807) is 28.2 Å². The molecular weight excluding hydrogens is 500 g/mol. The van der Waals surface area contributed by atoms with Crippen molar-refractivity contribution < 1.29 is 23.8 Å². The van der Waals surface area contributed by atoms with Gasteiger partial charge in [0.1, 0.15) is 6.54 Å². The Hall–Kier alpha value is -3.88. The lowest BCUT2D eigenvalue weighted by atomic mass is 10.1. The van der Waals surface area contributed by atoms with Crippen molar-refractivity contribution in [2.75, 3.05) is 33.6 Å². The summed E-state index contributed by atoms with van der Waals surface area (Å²) in [7, 11) is 1.63. The molecule has 2 heterocycles. The highest BCUT2D eigenvalue weighted by atomic mass is 32.1. The summed E-state index contributed by atoms with van der Waals surface area (Å²) >= 11 is 1.60. The number of carbonyl (C=O) groups is 2. The molecule has 38 heavy (non-hydrogen) atoms. The van der Waals surface area contributed by atoms with Crippen LogP contribution in [0.3, 0.4) is 0 Å². The van der Waals surface area contributed by atoms with Crippen molar-refractivity contribution in [3.8, 4) is 11.5 Å². The van der Waals surface area contributed by atoms with Crippen molar-refractivity contribution >= 4 is 33.9 Å². The van der Waals surface area contributed by atoms with E-state index in [9.17, 15) is 9.59 Å². The molecule has 5 rings (SSSR count). The van der Waals surface area contributed by atoms with Gasteiger partial charge >= 0.3 is 0 Å². The van der Waals surface area contributed by atoms with Crippen LogP contribution in [0.15, 0.2) is 78.2 Å². The highest BCUT2D eigenvalue weighted by Crippen LogP contribution is 2.33. The zero-order valence-corrected chi connectivity index (χ0v) is 22.1. The summed E-state index contributed by atoms with van der Waals surface area (Å²) in [5, 5.41) is 4.05. The Labute approximate surface area is 226 Å². The minimum atomic E-state index is -0.167. The third kappa shape index (κ3) is 6.15. The van der Waals surface area contributed by atoms with E-state index in [2.05, 4.69) is 0 Å². The Bertz CT molecular complexity index is 1410. The Kier molecular flexibility index (Phi) is 8.21. The van der Waals surface area contributed by atoms with E-state index in [1.807, 2.05) is 78.2 Å². The molecule has 0 aliphatic carbocycles. The fraction of sp³-hybridized carbons (Fsp3) is 0.267. The molecule has 0 N–H and O–H groups in total. The van der Waals surface area contributed by atoms with Crippen LogP contribution < -0.4 is 9.47 Å². The molecule has 0 fully saturated rings. The lowest BCUT2D eigenvalue weighted by molar-refractivity contribution is -0.133. The molecule has 1 aromatic heterocycles. The first-order valence-electron chi connectivity index (χ1n) is 12.6. The molecule has 0 saturated carbocycles. The SMILES string of the molecule is COCCCN(CC(=O)N(Cc1ccc2c(c1)OCO2)Cc1cccs1)C(=O)c1ccc2ccccc2c1. The molecule has 3 aromatic carbocycles. The molecule has 1 aliphatic heterocycles. The second-order valence-corrected chi connectivity index (χ2v) is 10.2. The smallest absolute Gasteiger partial charge is 0.254 e. The fourth-order valence-corrected chi connectivity index (χ4v) is 5.22. The van der Waals surface area contributed by atoms with Crippen LogP contribution in [0, 0.1) is 0 Å². The Balaban J connectivity index is 1.37. The monoisotopic (exact) mass is 530 g/mol. The van der Waals surface area contributed by atoms with Crippen LogP contribution >= 0.6 is 11.3 Å². The largest absolute Gasteiger partial charge is 0.454 e. The van der Waals surface area contributed by atoms with Crippen molar-refractivity contribution in [1.82, 2.24) is 9.80 Å². The lowest BCUT2D eigenvalue weighted by Gasteiger charge is -2.28. The molecular formula is C30H30N2O5S. The number of nitrogens with zero attached hydrogens (tertiary/aromatic N) is 2. The van der Waals surface area contributed by atoms with Crippen LogP contribution in [0.25, 0.3) is 10.8 Å². The van der Waals surface area contributed by atoms with Crippen molar-refractivity contribution in [2.45, 2.75) is 19.5 Å². The van der Waals surface area contributed by atoms with Crippen molar-refractivity contribution in [3.05, 3.63) is 94.2 Å². The zero-order valence-electron chi connectivity index (χ0n) is 21.3. The Morgan fingerprint density at radius 3 is 2.55 bits per heavy atom. The van der Waals surface area contributed by atoms with Gasteiger partial charge in [-0.05, 0) is 58.5 Å². The van der Waals surface area contributed by atoms with Gasteiger partial charge in [-0.25, -0.2) is 0 Å². The average Bonchev–Trinajstić information content (AvgIpc) is 3.63. The molecule has 0 spiro atoms. The van der Waals surface area contributed by atoms with Gasteiger partial charge in [-0.15, -0.1) is 11.3 Å². The number of methoxy groups -OCH3 is 1. The fourth-order valence-electron chi connectivity index (χ4n) is 4.50. The normalized spacial score (nSPS) is 12.0. The van der Waals surface area contributed by atoms with Gasteiger partial charge in [-0.1, -0.05) is 42.5 Å². The van der Waals surface area contributed by atoms with E-state index in [0.29, 0.717) is 49.7 Å². The highest BCUT2D eigenvalue weighted by Gasteiger charge is 2.24. The molecule has 4 aromatic rings. The van der Waals surface area contributed by atoms with E-state index < -0.39 is 0 Å². The summed E-state index contributed by atoms with van der Waals surface area (Å²) < 4.78 is 16.2. The maximum atomic E-state index is 13.7. The summed E-state index contributed by atoms with van der Waals surface area (Å²) in [5.41, 5.74) is 1.50. The molecule has 7 nitrogen and oxygen atoms in total. The van der Waals surface area contributed by atoms with Crippen LogP contribution in [-0.2, 0) is 22.6 Å². The second-order valence-electron chi connectivity index (χ2n) is 9.15. The van der Waals surface area contributed by atoms with E-state index >= 15 is 0 Å². The summed E-state index contributed by atoms with van der Waals surface area (Å²) in [6.45, 7) is 1.95. The van der Waals surface area contributed by atoms with Gasteiger partial charge in [-0.2, -0.15) is 0 Å². The van der Waals surface area contributed by atoms with E-state index in [-0.39, 0.29) is 25.2 Å². The quantitative estimate of drug-likeness (QED) is 0.245. The minimum absolute atomic E-state index is 0.0225. The van der Waals surface area contributed by atoms with E-state index in [4.69, 9.17) is 14.2 Å². The molecule has 0 radical (unpaired) electrons. The standard InChI is InChI=1S/C30H30N2O5S/c1-35-14-5-13-31(30(34)25-11-10-23-6-2-3-7-24(23)17-25)20-29(33)32(19-26-8-4-15-38-26)18-22-9-12-27-28(16-22)37-21-36-27/h2-4,6-12,15-17H,5,13-14,18-21H2,1H3. The molecule has 0 atom stereocenters. The first-order chi connectivity index (χ1) is 18.6. The number of hydrogen-bond acceptors (Lipinski definition) is 6. The van der Waals surface area contributed by atoms with Gasteiger partial charge < -0.3 is 24.0 Å². The minimum Gasteiger partial charge on any atom is -0.454 e. The first-order valence-corrected chi connectivity index (χ1v) is 13.4. The van der Waals surface area contributed by atoms with Crippen molar-refractivity contribution in [2.24, 2.45) is 0 Å². The maximum Gasteiger partial charge on any atom is 0.254 e. The van der Waals surface area contributed by atoms with Crippen LogP contribution in [0.2, 0.25) is 0 Å². The number of rotatable bonds is 11. The van der Waals surface area contributed by atoms with Crippen LogP contribution in [0.4, 0.5) is 0 Å². The molecule has 196 valence electrons. The van der Waals surface area contributed by atoms with Gasteiger partial charge in [0, 0.05) is 37.2 Å². The average molecular weight is 531 g/mol. The number of amides is 2. The highest BCUT2D eigenvalue weighted by molar-refractivity contribution is 7.09. The second kappa shape index (κ2) is 12.1. The van der Waals surface area contributed by atoms with Gasteiger partial charge in [0.05, 0.1) is 6.54 Å². The number of carbonyl (C=O) groups excluding carboxylic acids is 2. The molecule has 0 bridgehead atoms. The predicted molar refractivity (Wildman–Crippen MR) is 147 cm³/mol. The predicted octanol–water partition coefficient (Wildman–Crippen LogP) is 5.34. The molecule has 0 unspecified atom stereocenters. The summed E-state index contributed by atoms with van der Waals surface area (Å²) in [6.07, 6.45) is 0.635. The summed E-state index contributed by atoms with van der Waals surface area (Å²) in [4.78, 5) is 31.9. The molecule has 8 heteroatoms. The topological polar surface area (TPSA) is 68.3 Å². The Morgan fingerprint density at radius 1 is 0.895 bits per heavy atom. The molecule has 0 saturated heterocycles. The van der Waals surface area contributed by atoms with Crippen LogP contribution in [0.1, 0.15) is 27.2 Å². The van der Waals surface area contributed by atoms with Crippen molar-refractivity contribution in [3.63, 3.8) is 0 Å². The summed E-state index contributed by atoms with van der Waals surface area (Å²) in [6, 6.07) is 23.3. The molecule has 1 aliphatic rings. The van der Waals surface area contributed by atoms with Crippen molar-refractivity contribution in [1.29, 1.82) is 0 Å². The van der Waals surface area contributed by atoms with Gasteiger partial charge in [0.25, 0.3) is 5.91 Å². The number of benzene rings is 3. The third-order valence-corrected chi connectivity index (χ3v) is 7.34. The molecule has 2 amide bonds. The first kappa shape index (κ1) is 25.8. The van der Waals surface area contributed by atoms with Gasteiger partial charge in [0.2, 0.25) is 12.7 Å². The lowest BCUT2D eigenvalue weighted by Crippen LogP contribution is -2.43. The maximum absolute atomic E-state index is 13.7. The van der Waals surface area contributed by atoms with Crippen LogP contribution in [0.5, 0.6) is 11.5 Å². The summed E-state index contributed by atoms with van der Waals surface area (Å²) in [5.74, 6) is 1.09. The van der Waals surface area contributed by atoms with Gasteiger partial charge in [0.15, 0.2) is 11.5 Å². The number of hydrogen-bond donors (Lipinski definition) is 0. The number of ether oxygens (including phenoxy) is 3. The van der Waals surface area contributed by atoms with Crippen LogP contribution in [-0.4, -0.2) is 55.2 Å². The number of thiophene rings is 1. The van der Waals surface area contributed by atoms with E-state index in [1.165, 1.54) is 0 Å². The Morgan fingerprint density at radius 2 is 1.74 bits per heavy atom. The van der Waals surface area contributed by atoms with E-state index in [0.717, 1.165) is 21.2 Å². The zero-order chi connectivity index (χ0) is 26.3. The number of fused-ring (bicyclic) bond motifs is 2. The third-order valence-electron chi connectivity index (χ3n) is 6.48. The van der Waals surface area contributed by atoms with Gasteiger partial charge in [-0.3, -0.25) is 9.59 Å².